The van der Waals surface area contributed by atoms with E-state index in [1.165, 1.54) is 19.3 Å². The predicted molar refractivity (Wildman–Crippen MR) is 65.9 cm³/mol. The Bertz CT molecular complexity index is 354. The summed E-state index contributed by atoms with van der Waals surface area (Å²) in [5, 5.41) is 13.7. The van der Waals surface area contributed by atoms with Crippen molar-refractivity contribution in [3.05, 3.63) is 11.6 Å². The van der Waals surface area contributed by atoms with Crippen LogP contribution in [0.3, 0.4) is 0 Å². The van der Waals surface area contributed by atoms with Crippen molar-refractivity contribution in [1.29, 1.82) is 0 Å². The summed E-state index contributed by atoms with van der Waals surface area (Å²) in [6.07, 6.45) is 7.43. The molecule has 1 saturated carbocycles. The van der Waals surface area contributed by atoms with E-state index in [1.807, 2.05) is 11.6 Å². The van der Waals surface area contributed by atoms with Crippen LogP contribution in [0.2, 0.25) is 0 Å². The third-order valence-corrected chi connectivity index (χ3v) is 4.95. The molecule has 2 fully saturated rings. The highest BCUT2D eigenvalue weighted by molar-refractivity contribution is 7.13. The summed E-state index contributed by atoms with van der Waals surface area (Å²) < 4.78 is 0. The maximum Gasteiger partial charge on any atom is 0.185 e. The van der Waals surface area contributed by atoms with E-state index in [4.69, 9.17) is 0 Å². The first-order valence-corrected chi connectivity index (χ1v) is 7.03. The molecular weight excluding hydrogens is 220 g/mol. The Labute approximate surface area is 100 Å². The van der Waals surface area contributed by atoms with Crippen molar-refractivity contribution < 1.29 is 5.11 Å². The monoisotopic (exact) mass is 238 g/mol. The van der Waals surface area contributed by atoms with Gasteiger partial charge in [0.25, 0.3) is 0 Å². The zero-order chi connectivity index (χ0) is 11.0. The SMILES string of the molecule is OC12CCCCC1CN(c1nccs1)CC2. The van der Waals surface area contributed by atoms with Crippen LogP contribution >= 0.6 is 11.3 Å². The zero-order valence-corrected chi connectivity index (χ0v) is 10.2. The van der Waals surface area contributed by atoms with Gasteiger partial charge in [-0.2, -0.15) is 0 Å². The van der Waals surface area contributed by atoms with Crippen molar-refractivity contribution in [3.8, 4) is 0 Å². The molecule has 16 heavy (non-hydrogen) atoms. The van der Waals surface area contributed by atoms with Gasteiger partial charge in [-0.3, -0.25) is 0 Å². The molecule has 0 spiro atoms. The molecule has 0 bridgehead atoms. The van der Waals surface area contributed by atoms with Crippen molar-refractivity contribution in [1.82, 2.24) is 4.98 Å². The Morgan fingerprint density at radius 1 is 1.44 bits per heavy atom. The maximum absolute atomic E-state index is 10.6. The number of piperidine rings is 1. The molecule has 2 atom stereocenters. The molecule has 1 saturated heterocycles. The van der Waals surface area contributed by atoms with Crippen molar-refractivity contribution in [2.45, 2.75) is 37.7 Å². The molecule has 1 aliphatic heterocycles. The summed E-state index contributed by atoms with van der Waals surface area (Å²) in [5.74, 6) is 0.457. The second-order valence-electron chi connectivity index (χ2n) is 5.06. The standard InChI is InChI=1S/C12H18N2OS/c15-12-4-2-1-3-10(12)9-14(7-5-12)11-13-6-8-16-11/h6,8,10,15H,1-5,7,9H2. The van der Waals surface area contributed by atoms with E-state index in [2.05, 4.69) is 9.88 Å². The minimum absolute atomic E-state index is 0.369. The molecule has 2 unspecified atom stereocenters. The number of aliphatic hydroxyl groups is 1. The fourth-order valence-electron chi connectivity index (χ4n) is 3.12. The number of rotatable bonds is 1. The van der Waals surface area contributed by atoms with Crippen LogP contribution in [0, 0.1) is 5.92 Å². The molecule has 0 aromatic carbocycles. The molecule has 4 heteroatoms. The van der Waals surface area contributed by atoms with Crippen LogP contribution in [0.5, 0.6) is 0 Å². The van der Waals surface area contributed by atoms with Crippen LogP contribution in [0.25, 0.3) is 0 Å². The van der Waals surface area contributed by atoms with Gasteiger partial charge in [0, 0.05) is 30.6 Å². The Kier molecular flexibility index (Phi) is 2.64. The van der Waals surface area contributed by atoms with E-state index in [0.29, 0.717) is 5.92 Å². The fraction of sp³-hybridized carbons (Fsp3) is 0.750. The van der Waals surface area contributed by atoms with E-state index in [-0.39, 0.29) is 5.60 Å². The van der Waals surface area contributed by atoms with E-state index >= 15 is 0 Å². The van der Waals surface area contributed by atoms with Crippen LogP contribution in [-0.4, -0.2) is 28.8 Å². The van der Waals surface area contributed by atoms with Gasteiger partial charge < -0.3 is 10.0 Å². The highest BCUT2D eigenvalue weighted by Gasteiger charge is 2.43. The molecule has 0 amide bonds. The number of thiazole rings is 1. The molecule has 88 valence electrons. The topological polar surface area (TPSA) is 36.4 Å². The molecule has 2 heterocycles. The van der Waals surface area contributed by atoms with Crippen molar-refractivity contribution in [2.75, 3.05) is 18.0 Å². The van der Waals surface area contributed by atoms with Gasteiger partial charge in [-0.15, -0.1) is 11.3 Å². The number of anilines is 1. The number of hydrogen-bond donors (Lipinski definition) is 1. The number of fused-ring (bicyclic) bond motifs is 1. The van der Waals surface area contributed by atoms with E-state index < -0.39 is 0 Å². The van der Waals surface area contributed by atoms with Crippen LogP contribution < -0.4 is 4.90 Å². The number of aromatic nitrogens is 1. The van der Waals surface area contributed by atoms with Gasteiger partial charge >= 0.3 is 0 Å². The Balaban J connectivity index is 1.75. The first-order chi connectivity index (χ1) is 7.78. The lowest BCUT2D eigenvalue weighted by molar-refractivity contribution is -0.0612. The molecule has 1 aromatic rings. The van der Waals surface area contributed by atoms with Gasteiger partial charge in [-0.1, -0.05) is 12.8 Å². The Morgan fingerprint density at radius 2 is 2.38 bits per heavy atom. The summed E-state index contributed by atoms with van der Waals surface area (Å²) in [7, 11) is 0. The summed E-state index contributed by atoms with van der Waals surface area (Å²) in [6, 6.07) is 0. The smallest absolute Gasteiger partial charge is 0.185 e. The van der Waals surface area contributed by atoms with Gasteiger partial charge in [0.2, 0.25) is 0 Å². The molecule has 3 nitrogen and oxygen atoms in total. The van der Waals surface area contributed by atoms with Gasteiger partial charge in [0.15, 0.2) is 5.13 Å². The molecule has 2 aliphatic rings. The lowest BCUT2D eigenvalue weighted by Gasteiger charge is -2.47. The third kappa shape index (κ3) is 1.74. The average molecular weight is 238 g/mol. The number of nitrogens with zero attached hydrogens (tertiary/aromatic N) is 2. The minimum Gasteiger partial charge on any atom is -0.389 e. The van der Waals surface area contributed by atoms with Gasteiger partial charge in [0.1, 0.15) is 0 Å². The van der Waals surface area contributed by atoms with E-state index in [9.17, 15) is 5.11 Å². The van der Waals surface area contributed by atoms with Crippen molar-refractivity contribution >= 4 is 16.5 Å². The zero-order valence-electron chi connectivity index (χ0n) is 9.43. The normalized spacial score (nSPS) is 34.8. The molecular formula is C12H18N2OS. The average Bonchev–Trinajstić information content (AvgIpc) is 2.81. The third-order valence-electron chi connectivity index (χ3n) is 4.12. The fourth-order valence-corrected chi connectivity index (χ4v) is 3.80. The highest BCUT2D eigenvalue weighted by Crippen LogP contribution is 2.40. The molecule has 1 N–H and O–H groups in total. The van der Waals surface area contributed by atoms with Crippen molar-refractivity contribution in [3.63, 3.8) is 0 Å². The summed E-state index contributed by atoms with van der Waals surface area (Å²) in [5.41, 5.74) is -0.369. The molecule has 3 rings (SSSR count). The lowest BCUT2D eigenvalue weighted by Crippen LogP contribution is -2.53. The van der Waals surface area contributed by atoms with Crippen LogP contribution in [0.1, 0.15) is 32.1 Å². The first kappa shape index (κ1) is 10.5. The van der Waals surface area contributed by atoms with Crippen molar-refractivity contribution in [2.24, 2.45) is 5.92 Å². The predicted octanol–water partition coefficient (Wildman–Crippen LogP) is 2.27. The minimum atomic E-state index is -0.369. The Hall–Kier alpha value is -0.610. The molecule has 1 aliphatic carbocycles. The van der Waals surface area contributed by atoms with E-state index in [1.54, 1.807) is 11.3 Å². The number of hydrogen-bond acceptors (Lipinski definition) is 4. The van der Waals surface area contributed by atoms with Gasteiger partial charge in [0.05, 0.1) is 5.60 Å². The summed E-state index contributed by atoms with van der Waals surface area (Å²) >= 11 is 1.70. The summed E-state index contributed by atoms with van der Waals surface area (Å²) in [6.45, 7) is 1.95. The molecule has 0 radical (unpaired) electrons. The quantitative estimate of drug-likeness (QED) is 0.815. The van der Waals surface area contributed by atoms with Gasteiger partial charge in [-0.05, 0) is 19.3 Å². The van der Waals surface area contributed by atoms with E-state index in [0.717, 1.165) is 31.1 Å². The van der Waals surface area contributed by atoms with Gasteiger partial charge in [-0.25, -0.2) is 4.98 Å². The van der Waals surface area contributed by atoms with Crippen LogP contribution in [0.15, 0.2) is 11.6 Å². The molecule has 1 aromatic heterocycles. The van der Waals surface area contributed by atoms with Crippen LogP contribution in [-0.2, 0) is 0 Å². The highest BCUT2D eigenvalue weighted by atomic mass is 32.1. The summed E-state index contributed by atoms with van der Waals surface area (Å²) in [4.78, 5) is 6.71. The maximum atomic E-state index is 10.6. The largest absolute Gasteiger partial charge is 0.389 e. The second-order valence-corrected chi connectivity index (χ2v) is 5.93. The lowest BCUT2D eigenvalue weighted by atomic mass is 9.71. The van der Waals surface area contributed by atoms with Crippen LogP contribution in [0.4, 0.5) is 5.13 Å². The second kappa shape index (κ2) is 4.00. The Morgan fingerprint density at radius 3 is 3.19 bits per heavy atom. The first-order valence-electron chi connectivity index (χ1n) is 6.15.